The number of ether oxygens (including phenoxy) is 3. The first-order chi connectivity index (χ1) is 13.7. The highest BCUT2D eigenvalue weighted by Gasteiger charge is 2.21. The van der Waals surface area contributed by atoms with Crippen molar-refractivity contribution < 1.29 is 19.0 Å². The molecule has 0 aliphatic carbocycles. The van der Waals surface area contributed by atoms with Crippen LogP contribution in [0, 0.1) is 0 Å². The molecular formula is C22H28N2O4. The van der Waals surface area contributed by atoms with Crippen molar-refractivity contribution in [3.05, 3.63) is 54.1 Å². The Morgan fingerprint density at radius 1 is 0.821 bits per heavy atom. The zero-order chi connectivity index (χ0) is 19.8. The van der Waals surface area contributed by atoms with Crippen LogP contribution in [0.25, 0.3) is 0 Å². The quantitative estimate of drug-likeness (QED) is 0.655. The first-order valence-electron chi connectivity index (χ1n) is 9.62. The van der Waals surface area contributed by atoms with Crippen molar-refractivity contribution in [2.75, 3.05) is 53.6 Å². The van der Waals surface area contributed by atoms with Gasteiger partial charge in [-0.1, -0.05) is 0 Å². The van der Waals surface area contributed by atoms with Gasteiger partial charge in [0.2, 0.25) is 0 Å². The van der Waals surface area contributed by atoms with E-state index in [9.17, 15) is 4.79 Å². The van der Waals surface area contributed by atoms with Gasteiger partial charge in [0, 0.05) is 38.3 Å². The van der Waals surface area contributed by atoms with Crippen LogP contribution in [0.4, 0.5) is 0 Å². The Bertz CT molecular complexity index is 738. The predicted molar refractivity (Wildman–Crippen MR) is 108 cm³/mol. The van der Waals surface area contributed by atoms with Crippen molar-refractivity contribution in [2.45, 2.75) is 6.42 Å². The van der Waals surface area contributed by atoms with Crippen LogP contribution < -0.4 is 14.2 Å². The Morgan fingerprint density at radius 3 is 1.93 bits per heavy atom. The van der Waals surface area contributed by atoms with E-state index < -0.39 is 0 Å². The molecule has 0 aromatic heterocycles. The van der Waals surface area contributed by atoms with Crippen LogP contribution in [0.3, 0.4) is 0 Å². The summed E-state index contributed by atoms with van der Waals surface area (Å²) < 4.78 is 16.1. The molecule has 0 bridgehead atoms. The zero-order valence-corrected chi connectivity index (χ0v) is 16.6. The van der Waals surface area contributed by atoms with Gasteiger partial charge < -0.3 is 19.1 Å². The van der Waals surface area contributed by atoms with Gasteiger partial charge in [0.1, 0.15) is 17.2 Å². The summed E-state index contributed by atoms with van der Waals surface area (Å²) in [5.41, 5.74) is 0.710. The Kier molecular flexibility index (Phi) is 7.14. The number of piperazine rings is 1. The number of rotatable bonds is 8. The van der Waals surface area contributed by atoms with Crippen molar-refractivity contribution in [3.8, 4) is 17.2 Å². The lowest BCUT2D eigenvalue weighted by Crippen LogP contribution is -2.49. The normalized spacial score (nSPS) is 14.6. The molecule has 150 valence electrons. The van der Waals surface area contributed by atoms with Gasteiger partial charge in [-0.15, -0.1) is 0 Å². The Labute approximate surface area is 166 Å². The van der Waals surface area contributed by atoms with Crippen LogP contribution >= 0.6 is 0 Å². The summed E-state index contributed by atoms with van der Waals surface area (Å²) in [5, 5.41) is 0. The molecule has 1 fully saturated rings. The van der Waals surface area contributed by atoms with Gasteiger partial charge in [0.15, 0.2) is 0 Å². The first kappa shape index (κ1) is 20.0. The lowest BCUT2D eigenvalue weighted by Gasteiger charge is -2.34. The van der Waals surface area contributed by atoms with E-state index in [1.54, 1.807) is 14.2 Å². The summed E-state index contributed by atoms with van der Waals surface area (Å²) >= 11 is 0. The molecule has 0 N–H and O–H groups in total. The molecule has 2 aromatic rings. The topological polar surface area (TPSA) is 51.2 Å². The molecule has 2 aromatic carbocycles. The van der Waals surface area contributed by atoms with E-state index in [1.165, 1.54) is 0 Å². The van der Waals surface area contributed by atoms with Crippen LogP contribution in [-0.2, 0) is 0 Å². The van der Waals surface area contributed by atoms with E-state index in [0.717, 1.165) is 56.4 Å². The highest BCUT2D eigenvalue weighted by Crippen LogP contribution is 2.17. The van der Waals surface area contributed by atoms with Crippen LogP contribution in [0.1, 0.15) is 16.8 Å². The third-order valence-corrected chi connectivity index (χ3v) is 4.94. The van der Waals surface area contributed by atoms with E-state index in [-0.39, 0.29) is 5.91 Å². The molecule has 0 spiro atoms. The fourth-order valence-corrected chi connectivity index (χ4v) is 3.24. The molecular weight excluding hydrogens is 356 g/mol. The van der Waals surface area contributed by atoms with Crippen LogP contribution in [0.5, 0.6) is 17.2 Å². The minimum absolute atomic E-state index is 0.0881. The van der Waals surface area contributed by atoms with E-state index in [2.05, 4.69) is 4.90 Å². The third kappa shape index (κ3) is 5.39. The number of nitrogens with zero attached hydrogens (tertiary/aromatic N) is 2. The van der Waals surface area contributed by atoms with Crippen molar-refractivity contribution in [2.24, 2.45) is 0 Å². The highest BCUT2D eigenvalue weighted by atomic mass is 16.5. The van der Waals surface area contributed by atoms with E-state index in [0.29, 0.717) is 12.2 Å². The largest absolute Gasteiger partial charge is 0.497 e. The van der Waals surface area contributed by atoms with Crippen molar-refractivity contribution in [3.63, 3.8) is 0 Å². The summed E-state index contributed by atoms with van der Waals surface area (Å²) in [6, 6.07) is 14.9. The van der Waals surface area contributed by atoms with Gasteiger partial charge in [0.05, 0.1) is 20.8 Å². The Morgan fingerprint density at radius 2 is 1.36 bits per heavy atom. The molecule has 6 nitrogen and oxygen atoms in total. The van der Waals surface area contributed by atoms with E-state index in [1.807, 2.05) is 53.4 Å². The van der Waals surface area contributed by atoms with Crippen LogP contribution in [-0.4, -0.2) is 69.3 Å². The molecule has 1 aliphatic heterocycles. The second kappa shape index (κ2) is 9.99. The molecule has 6 heteroatoms. The van der Waals surface area contributed by atoms with Gasteiger partial charge in [-0.05, 0) is 55.0 Å². The number of hydrogen-bond donors (Lipinski definition) is 0. The average Bonchev–Trinajstić information content (AvgIpc) is 2.77. The molecule has 1 aliphatic rings. The zero-order valence-electron chi connectivity index (χ0n) is 16.6. The number of carbonyl (C=O) groups excluding carboxylic acids is 1. The maximum absolute atomic E-state index is 12.6. The second-order valence-electron chi connectivity index (χ2n) is 6.74. The Hall–Kier alpha value is -2.73. The van der Waals surface area contributed by atoms with Gasteiger partial charge >= 0.3 is 0 Å². The molecule has 3 rings (SSSR count). The molecule has 0 atom stereocenters. The average molecular weight is 384 g/mol. The molecule has 1 saturated heterocycles. The van der Waals surface area contributed by atoms with Gasteiger partial charge in [-0.3, -0.25) is 9.69 Å². The number of benzene rings is 2. The van der Waals surface area contributed by atoms with E-state index in [4.69, 9.17) is 14.2 Å². The monoisotopic (exact) mass is 384 g/mol. The fourth-order valence-electron chi connectivity index (χ4n) is 3.24. The standard InChI is InChI=1S/C22H28N2O4/c1-26-19-6-4-18(5-7-19)22(25)24-15-13-23(14-16-24)12-3-17-28-21-10-8-20(27-2)9-11-21/h4-11H,3,12-17H2,1-2H3. The maximum atomic E-state index is 12.6. The molecule has 1 amide bonds. The smallest absolute Gasteiger partial charge is 0.253 e. The third-order valence-electron chi connectivity index (χ3n) is 4.94. The second-order valence-corrected chi connectivity index (χ2v) is 6.74. The first-order valence-corrected chi connectivity index (χ1v) is 9.62. The number of amides is 1. The molecule has 28 heavy (non-hydrogen) atoms. The summed E-state index contributed by atoms with van der Waals surface area (Å²) in [6.07, 6.45) is 0.957. The number of carbonyl (C=O) groups is 1. The van der Waals surface area contributed by atoms with Crippen molar-refractivity contribution in [1.29, 1.82) is 0 Å². The fraction of sp³-hybridized carbons (Fsp3) is 0.409. The minimum Gasteiger partial charge on any atom is -0.497 e. The summed E-state index contributed by atoms with van der Waals surface area (Å²) in [5.74, 6) is 2.54. The predicted octanol–water partition coefficient (Wildman–Crippen LogP) is 2.93. The molecule has 0 radical (unpaired) electrons. The Balaban J connectivity index is 1.36. The SMILES string of the molecule is COc1ccc(OCCCN2CCN(C(=O)c3ccc(OC)cc3)CC2)cc1. The van der Waals surface area contributed by atoms with Crippen molar-refractivity contribution >= 4 is 5.91 Å². The van der Waals surface area contributed by atoms with Gasteiger partial charge in [0.25, 0.3) is 5.91 Å². The summed E-state index contributed by atoms with van der Waals surface area (Å²) in [7, 11) is 3.28. The van der Waals surface area contributed by atoms with Gasteiger partial charge in [-0.2, -0.15) is 0 Å². The molecule has 0 unspecified atom stereocenters. The van der Waals surface area contributed by atoms with Crippen molar-refractivity contribution in [1.82, 2.24) is 9.80 Å². The summed E-state index contributed by atoms with van der Waals surface area (Å²) in [4.78, 5) is 16.9. The van der Waals surface area contributed by atoms with E-state index >= 15 is 0 Å². The highest BCUT2D eigenvalue weighted by molar-refractivity contribution is 5.94. The summed E-state index contributed by atoms with van der Waals surface area (Å²) in [6.45, 7) is 4.95. The number of methoxy groups -OCH3 is 2. The van der Waals surface area contributed by atoms with Crippen LogP contribution in [0.2, 0.25) is 0 Å². The van der Waals surface area contributed by atoms with Gasteiger partial charge in [-0.25, -0.2) is 0 Å². The molecule has 0 saturated carbocycles. The lowest BCUT2D eigenvalue weighted by atomic mass is 10.1. The van der Waals surface area contributed by atoms with Crippen LogP contribution in [0.15, 0.2) is 48.5 Å². The molecule has 1 heterocycles. The minimum atomic E-state index is 0.0881. The maximum Gasteiger partial charge on any atom is 0.253 e. The lowest BCUT2D eigenvalue weighted by molar-refractivity contribution is 0.0630. The number of hydrogen-bond acceptors (Lipinski definition) is 5.